The van der Waals surface area contributed by atoms with Gasteiger partial charge in [-0.1, -0.05) is 11.8 Å². The van der Waals surface area contributed by atoms with Gasteiger partial charge < -0.3 is 8.98 Å². The maximum absolute atomic E-state index is 12.7. The molecule has 3 heterocycles. The molecule has 0 unspecified atom stereocenters. The maximum atomic E-state index is 12.7. The average Bonchev–Trinajstić information content (AvgIpc) is 3.28. The number of nitrogens with zero attached hydrogens (tertiary/aromatic N) is 4. The van der Waals surface area contributed by atoms with Crippen LogP contribution in [-0.4, -0.2) is 37.5 Å². The van der Waals surface area contributed by atoms with Crippen LogP contribution in [0.1, 0.15) is 38.3 Å². The summed E-state index contributed by atoms with van der Waals surface area (Å²) < 4.78 is 44.7. The normalized spacial score (nSPS) is 11.9. The van der Waals surface area contributed by atoms with Crippen molar-refractivity contribution in [1.82, 2.24) is 19.7 Å². The molecular formula is C17H17F3N4O2S2. The number of carbonyl (C=O) groups is 1. The molecule has 0 aliphatic rings. The minimum atomic E-state index is -4.35. The number of aryl methyl sites for hydroxylation is 2. The molecule has 0 aliphatic heterocycles. The number of ketones is 1. The van der Waals surface area contributed by atoms with E-state index in [1.54, 1.807) is 6.92 Å². The number of aromatic nitrogens is 4. The number of alkyl halides is 3. The molecule has 3 rings (SSSR count). The first kappa shape index (κ1) is 20.6. The first-order valence-corrected chi connectivity index (χ1v) is 10.1. The fourth-order valence-corrected chi connectivity index (χ4v) is 4.00. The lowest BCUT2D eigenvalue weighted by Crippen LogP contribution is -2.19. The van der Waals surface area contributed by atoms with Crippen LogP contribution in [0.3, 0.4) is 0 Å². The summed E-state index contributed by atoms with van der Waals surface area (Å²) in [5.41, 5.74) is 1.79. The Morgan fingerprint density at radius 3 is 2.68 bits per heavy atom. The molecule has 3 aromatic rings. The molecule has 0 N–H and O–H groups in total. The Hall–Kier alpha value is -2.14. The lowest BCUT2D eigenvalue weighted by atomic mass is 10.2. The third kappa shape index (κ3) is 5.02. The summed E-state index contributed by atoms with van der Waals surface area (Å²) in [6.45, 7) is 3.85. The monoisotopic (exact) mass is 430 g/mol. The number of hydrogen-bond donors (Lipinski definition) is 0. The second-order valence-electron chi connectivity index (χ2n) is 6.19. The highest BCUT2D eigenvalue weighted by atomic mass is 32.2. The molecular weight excluding hydrogens is 413 g/mol. The number of carbonyl (C=O) groups excluding carboxylic acids is 1. The van der Waals surface area contributed by atoms with Crippen molar-refractivity contribution >= 4 is 28.9 Å². The van der Waals surface area contributed by atoms with Gasteiger partial charge in [-0.3, -0.25) is 4.79 Å². The van der Waals surface area contributed by atoms with Crippen molar-refractivity contribution < 1.29 is 22.4 Å². The Morgan fingerprint density at radius 2 is 2.04 bits per heavy atom. The minimum Gasteiger partial charge on any atom is -0.416 e. The number of Topliss-reactive ketones (excluding diaryl/α,β-unsaturated/α-hetero) is 1. The number of rotatable bonds is 7. The number of hydrogen-bond acceptors (Lipinski definition) is 7. The van der Waals surface area contributed by atoms with Crippen LogP contribution < -0.4 is 0 Å². The standard InChI is InChI=1S/C17H17F3N4O2S2/c1-9-4-13(10(2)24(9)8-17(18,19)20)14(25)7-28-16-23-22-15(26-16)5-12-6-27-11(3)21-12/h4,6H,5,7-8H2,1-3H3. The van der Waals surface area contributed by atoms with Crippen LogP contribution in [0.25, 0.3) is 0 Å². The molecule has 11 heteroatoms. The Labute approximate surface area is 167 Å². The molecule has 150 valence electrons. The van der Waals surface area contributed by atoms with Crippen molar-refractivity contribution in [2.24, 2.45) is 0 Å². The maximum Gasteiger partial charge on any atom is 0.406 e. The van der Waals surface area contributed by atoms with Crippen molar-refractivity contribution in [3.05, 3.63) is 45.0 Å². The first-order chi connectivity index (χ1) is 13.1. The lowest BCUT2D eigenvalue weighted by molar-refractivity contribution is -0.141. The Bertz CT molecular complexity index is 991. The Balaban J connectivity index is 1.62. The summed E-state index contributed by atoms with van der Waals surface area (Å²) in [6.07, 6.45) is -3.94. The predicted octanol–water partition coefficient (Wildman–Crippen LogP) is 4.38. The lowest BCUT2D eigenvalue weighted by Gasteiger charge is -2.12. The van der Waals surface area contributed by atoms with Gasteiger partial charge >= 0.3 is 6.18 Å². The van der Waals surface area contributed by atoms with Crippen LogP contribution in [0.5, 0.6) is 0 Å². The van der Waals surface area contributed by atoms with Crippen molar-refractivity contribution in [3.8, 4) is 0 Å². The van der Waals surface area contributed by atoms with E-state index in [4.69, 9.17) is 4.42 Å². The van der Waals surface area contributed by atoms with Crippen LogP contribution in [0.4, 0.5) is 13.2 Å². The van der Waals surface area contributed by atoms with E-state index < -0.39 is 12.7 Å². The highest BCUT2D eigenvalue weighted by Gasteiger charge is 2.30. The van der Waals surface area contributed by atoms with Gasteiger partial charge in [0.15, 0.2) is 5.78 Å². The Kier molecular flexibility index (Phi) is 5.94. The quantitative estimate of drug-likeness (QED) is 0.409. The number of halogens is 3. The average molecular weight is 430 g/mol. The van der Waals surface area contributed by atoms with Crippen LogP contribution in [0.2, 0.25) is 0 Å². The zero-order valence-electron chi connectivity index (χ0n) is 15.3. The predicted molar refractivity (Wildman–Crippen MR) is 99.0 cm³/mol. The summed E-state index contributed by atoms with van der Waals surface area (Å²) in [7, 11) is 0. The second-order valence-corrected chi connectivity index (χ2v) is 8.18. The Morgan fingerprint density at radius 1 is 1.29 bits per heavy atom. The third-order valence-electron chi connectivity index (χ3n) is 3.99. The van der Waals surface area contributed by atoms with Crippen LogP contribution in [-0.2, 0) is 13.0 Å². The SMILES string of the molecule is Cc1nc(Cc2nnc(SCC(=O)c3cc(C)n(CC(F)(F)F)c3C)o2)cs1. The molecule has 0 saturated carbocycles. The third-order valence-corrected chi connectivity index (χ3v) is 5.63. The summed E-state index contributed by atoms with van der Waals surface area (Å²) in [6, 6.07) is 1.48. The van der Waals surface area contributed by atoms with E-state index in [0.29, 0.717) is 23.7 Å². The van der Waals surface area contributed by atoms with Gasteiger partial charge in [0.1, 0.15) is 6.54 Å². The number of thioether (sulfide) groups is 1. The fraction of sp³-hybridized carbons (Fsp3) is 0.412. The summed E-state index contributed by atoms with van der Waals surface area (Å²) in [5, 5.41) is 10.9. The molecule has 3 aromatic heterocycles. The van der Waals surface area contributed by atoms with Crippen molar-refractivity contribution in [3.63, 3.8) is 0 Å². The zero-order chi connectivity index (χ0) is 20.5. The van der Waals surface area contributed by atoms with Gasteiger partial charge in [0.25, 0.3) is 5.22 Å². The van der Waals surface area contributed by atoms with Crippen molar-refractivity contribution in [1.29, 1.82) is 0 Å². The number of thiazole rings is 1. The van der Waals surface area contributed by atoms with Gasteiger partial charge in [-0.25, -0.2) is 4.98 Å². The van der Waals surface area contributed by atoms with Gasteiger partial charge in [-0.05, 0) is 26.8 Å². The van der Waals surface area contributed by atoms with E-state index in [-0.39, 0.29) is 22.3 Å². The molecule has 0 aliphatic carbocycles. The topological polar surface area (TPSA) is 73.8 Å². The fourth-order valence-electron chi connectivity index (χ4n) is 2.72. The van der Waals surface area contributed by atoms with Crippen LogP contribution in [0.15, 0.2) is 21.1 Å². The molecule has 28 heavy (non-hydrogen) atoms. The van der Waals surface area contributed by atoms with Crippen molar-refractivity contribution in [2.45, 2.75) is 45.1 Å². The summed E-state index contributed by atoms with van der Waals surface area (Å²) in [5.74, 6) is 0.0957. The smallest absolute Gasteiger partial charge is 0.406 e. The molecule has 0 amide bonds. The van der Waals surface area contributed by atoms with E-state index in [1.807, 2.05) is 12.3 Å². The largest absolute Gasteiger partial charge is 0.416 e. The molecule has 0 spiro atoms. The molecule has 0 atom stereocenters. The van der Waals surface area contributed by atoms with Crippen molar-refractivity contribution in [2.75, 3.05) is 5.75 Å². The molecule has 6 nitrogen and oxygen atoms in total. The van der Waals surface area contributed by atoms with Gasteiger partial charge in [-0.2, -0.15) is 13.2 Å². The van der Waals surface area contributed by atoms with E-state index in [0.717, 1.165) is 27.0 Å². The molecule has 0 bridgehead atoms. The second kappa shape index (κ2) is 8.08. The summed E-state index contributed by atoms with van der Waals surface area (Å²) in [4.78, 5) is 16.8. The highest BCUT2D eigenvalue weighted by molar-refractivity contribution is 7.99. The van der Waals surface area contributed by atoms with E-state index in [2.05, 4.69) is 15.2 Å². The van der Waals surface area contributed by atoms with E-state index >= 15 is 0 Å². The van der Waals surface area contributed by atoms with Gasteiger partial charge in [0, 0.05) is 22.3 Å². The zero-order valence-corrected chi connectivity index (χ0v) is 17.0. The molecule has 0 saturated heterocycles. The summed E-state index contributed by atoms with van der Waals surface area (Å²) >= 11 is 2.58. The first-order valence-electron chi connectivity index (χ1n) is 8.25. The van der Waals surface area contributed by atoms with Crippen LogP contribution >= 0.6 is 23.1 Å². The van der Waals surface area contributed by atoms with E-state index in [1.165, 1.54) is 24.3 Å². The van der Waals surface area contributed by atoms with Crippen LogP contribution in [0, 0.1) is 20.8 Å². The van der Waals surface area contributed by atoms with E-state index in [9.17, 15) is 18.0 Å². The molecule has 0 radical (unpaired) electrons. The van der Waals surface area contributed by atoms with Gasteiger partial charge in [0.05, 0.1) is 22.9 Å². The highest BCUT2D eigenvalue weighted by Crippen LogP contribution is 2.25. The molecule has 0 aromatic carbocycles. The molecule has 0 fully saturated rings. The van der Waals surface area contributed by atoms with Gasteiger partial charge in [0.2, 0.25) is 5.89 Å². The van der Waals surface area contributed by atoms with Gasteiger partial charge in [-0.15, -0.1) is 21.5 Å². The minimum absolute atomic E-state index is 0.00620.